The molecule has 0 bridgehead atoms. The van der Waals surface area contributed by atoms with Crippen LogP contribution in [0.25, 0.3) is 0 Å². The first kappa shape index (κ1) is 11.3. The van der Waals surface area contributed by atoms with Gasteiger partial charge in [0.1, 0.15) is 0 Å². The second-order valence-electron chi connectivity index (χ2n) is 4.46. The molecule has 1 saturated heterocycles. The summed E-state index contributed by atoms with van der Waals surface area (Å²) in [5.74, 6) is 0.881. The number of aryl methyl sites for hydroxylation is 1. The monoisotopic (exact) mass is 220 g/mol. The summed E-state index contributed by atoms with van der Waals surface area (Å²) in [5.41, 5.74) is 1.04. The molecule has 0 aromatic carbocycles. The molecule has 0 amide bonds. The van der Waals surface area contributed by atoms with Crippen LogP contribution in [0.5, 0.6) is 0 Å². The Bertz CT molecular complexity index is 353. The summed E-state index contributed by atoms with van der Waals surface area (Å²) in [4.78, 5) is 13.5. The van der Waals surface area contributed by atoms with Crippen molar-refractivity contribution in [3.8, 4) is 0 Å². The molecule has 1 aromatic rings. The highest BCUT2D eigenvalue weighted by atomic mass is 15.3. The quantitative estimate of drug-likeness (QED) is 0.769. The third-order valence-electron chi connectivity index (χ3n) is 3.35. The molecule has 2 rings (SSSR count). The van der Waals surface area contributed by atoms with Gasteiger partial charge in [0.05, 0.1) is 0 Å². The minimum Gasteiger partial charge on any atom is -0.339 e. The molecule has 1 fully saturated rings. The zero-order chi connectivity index (χ0) is 11.5. The van der Waals surface area contributed by atoms with Gasteiger partial charge in [-0.15, -0.1) is 0 Å². The second kappa shape index (κ2) is 4.78. The van der Waals surface area contributed by atoms with Crippen molar-refractivity contribution in [2.75, 3.05) is 31.6 Å². The molecule has 1 unspecified atom stereocenters. The Morgan fingerprint density at radius 1 is 1.56 bits per heavy atom. The highest BCUT2D eigenvalue weighted by molar-refractivity contribution is 5.32. The SMILES string of the molecule is CCN(C)C1CCN(c2nccc(C)n2)C1. The Morgan fingerprint density at radius 3 is 3.06 bits per heavy atom. The zero-order valence-electron chi connectivity index (χ0n) is 10.3. The number of likely N-dealkylation sites (N-methyl/N-ethyl adjacent to an activating group) is 1. The van der Waals surface area contributed by atoms with Crippen LogP contribution in [0.2, 0.25) is 0 Å². The van der Waals surface area contributed by atoms with Gasteiger partial charge in [0, 0.05) is 31.0 Å². The van der Waals surface area contributed by atoms with E-state index in [2.05, 4.69) is 33.7 Å². The van der Waals surface area contributed by atoms with E-state index in [9.17, 15) is 0 Å². The van der Waals surface area contributed by atoms with Crippen LogP contribution in [0.4, 0.5) is 5.95 Å². The molecule has 16 heavy (non-hydrogen) atoms. The first-order valence-corrected chi connectivity index (χ1v) is 5.95. The number of nitrogens with zero attached hydrogens (tertiary/aromatic N) is 4. The molecule has 0 spiro atoms. The van der Waals surface area contributed by atoms with Crippen molar-refractivity contribution in [3.63, 3.8) is 0 Å². The lowest BCUT2D eigenvalue weighted by molar-refractivity contribution is 0.272. The minimum atomic E-state index is 0.647. The Kier molecular flexibility index (Phi) is 3.39. The molecule has 4 heteroatoms. The first-order valence-electron chi connectivity index (χ1n) is 5.95. The standard InChI is InChI=1S/C12H20N4/c1-4-15(3)11-6-8-16(9-11)12-13-7-5-10(2)14-12/h5,7,11H,4,6,8-9H2,1-3H3. The van der Waals surface area contributed by atoms with Crippen molar-refractivity contribution in [2.24, 2.45) is 0 Å². The molecule has 4 nitrogen and oxygen atoms in total. The predicted molar refractivity (Wildman–Crippen MR) is 65.7 cm³/mol. The van der Waals surface area contributed by atoms with Crippen LogP contribution in [0, 0.1) is 6.92 Å². The average Bonchev–Trinajstić information content (AvgIpc) is 2.77. The van der Waals surface area contributed by atoms with Gasteiger partial charge in [-0.25, -0.2) is 9.97 Å². The van der Waals surface area contributed by atoms with Gasteiger partial charge in [-0.2, -0.15) is 0 Å². The van der Waals surface area contributed by atoms with Crippen LogP contribution in [0.1, 0.15) is 19.0 Å². The fraction of sp³-hybridized carbons (Fsp3) is 0.667. The lowest BCUT2D eigenvalue weighted by atomic mass is 10.2. The Morgan fingerprint density at radius 2 is 2.38 bits per heavy atom. The van der Waals surface area contributed by atoms with Crippen molar-refractivity contribution in [1.82, 2.24) is 14.9 Å². The maximum Gasteiger partial charge on any atom is 0.225 e. The van der Waals surface area contributed by atoms with Crippen LogP contribution in [-0.4, -0.2) is 47.6 Å². The molecular formula is C12H20N4. The predicted octanol–water partition coefficient (Wildman–Crippen LogP) is 1.32. The van der Waals surface area contributed by atoms with Crippen molar-refractivity contribution in [1.29, 1.82) is 0 Å². The number of rotatable bonds is 3. The van der Waals surface area contributed by atoms with E-state index in [1.807, 2.05) is 19.2 Å². The van der Waals surface area contributed by atoms with E-state index in [0.29, 0.717) is 6.04 Å². The summed E-state index contributed by atoms with van der Waals surface area (Å²) in [5, 5.41) is 0. The summed E-state index contributed by atoms with van der Waals surface area (Å²) in [6.45, 7) is 7.43. The van der Waals surface area contributed by atoms with Gasteiger partial charge in [0.25, 0.3) is 0 Å². The largest absolute Gasteiger partial charge is 0.339 e. The Hall–Kier alpha value is -1.16. The highest BCUT2D eigenvalue weighted by Gasteiger charge is 2.26. The normalized spacial score (nSPS) is 20.8. The van der Waals surface area contributed by atoms with Crippen LogP contribution < -0.4 is 4.90 Å². The van der Waals surface area contributed by atoms with Gasteiger partial charge in [-0.1, -0.05) is 6.92 Å². The summed E-state index contributed by atoms with van der Waals surface area (Å²) < 4.78 is 0. The maximum absolute atomic E-state index is 4.47. The lowest BCUT2D eigenvalue weighted by Crippen LogP contribution is -2.34. The molecule has 0 radical (unpaired) electrons. The van der Waals surface area contributed by atoms with E-state index in [1.165, 1.54) is 6.42 Å². The molecule has 1 atom stereocenters. The van der Waals surface area contributed by atoms with E-state index in [-0.39, 0.29) is 0 Å². The average molecular weight is 220 g/mol. The van der Waals surface area contributed by atoms with E-state index >= 15 is 0 Å². The van der Waals surface area contributed by atoms with Gasteiger partial charge in [-0.05, 0) is 33.0 Å². The highest BCUT2D eigenvalue weighted by Crippen LogP contribution is 2.18. The molecule has 2 heterocycles. The molecule has 0 saturated carbocycles. The van der Waals surface area contributed by atoms with Crippen molar-refractivity contribution in [2.45, 2.75) is 26.3 Å². The molecule has 1 aliphatic rings. The van der Waals surface area contributed by atoms with Crippen molar-refractivity contribution >= 4 is 5.95 Å². The van der Waals surface area contributed by atoms with Crippen molar-refractivity contribution in [3.05, 3.63) is 18.0 Å². The maximum atomic E-state index is 4.47. The number of anilines is 1. The van der Waals surface area contributed by atoms with Crippen LogP contribution in [0.15, 0.2) is 12.3 Å². The number of hydrogen-bond acceptors (Lipinski definition) is 4. The van der Waals surface area contributed by atoms with E-state index < -0.39 is 0 Å². The topological polar surface area (TPSA) is 32.3 Å². The second-order valence-corrected chi connectivity index (χ2v) is 4.46. The molecule has 88 valence electrons. The minimum absolute atomic E-state index is 0.647. The number of hydrogen-bond donors (Lipinski definition) is 0. The molecule has 0 N–H and O–H groups in total. The van der Waals surface area contributed by atoms with Crippen LogP contribution >= 0.6 is 0 Å². The lowest BCUT2D eigenvalue weighted by Gasteiger charge is -2.23. The third kappa shape index (κ3) is 2.32. The molecular weight excluding hydrogens is 200 g/mol. The van der Waals surface area contributed by atoms with E-state index in [4.69, 9.17) is 0 Å². The first-order chi connectivity index (χ1) is 7.70. The van der Waals surface area contributed by atoms with Crippen molar-refractivity contribution < 1.29 is 0 Å². The molecule has 0 aliphatic carbocycles. The number of aromatic nitrogens is 2. The summed E-state index contributed by atoms with van der Waals surface area (Å²) in [7, 11) is 2.19. The van der Waals surface area contributed by atoms with Gasteiger partial charge >= 0.3 is 0 Å². The van der Waals surface area contributed by atoms with Crippen LogP contribution in [-0.2, 0) is 0 Å². The zero-order valence-corrected chi connectivity index (χ0v) is 10.3. The van der Waals surface area contributed by atoms with Gasteiger partial charge in [0.2, 0.25) is 5.95 Å². The van der Waals surface area contributed by atoms with Gasteiger partial charge in [0.15, 0.2) is 0 Å². The smallest absolute Gasteiger partial charge is 0.225 e. The molecule has 1 aliphatic heterocycles. The molecule has 1 aromatic heterocycles. The Labute approximate surface area is 97.3 Å². The fourth-order valence-electron chi connectivity index (χ4n) is 2.13. The van der Waals surface area contributed by atoms with E-state index in [0.717, 1.165) is 31.3 Å². The fourth-order valence-corrected chi connectivity index (χ4v) is 2.13. The van der Waals surface area contributed by atoms with E-state index in [1.54, 1.807) is 0 Å². The summed E-state index contributed by atoms with van der Waals surface area (Å²) in [6, 6.07) is 2.59. The summed E-state index contributed by atoms with van der Waals surface area (Å²) in [6.07, 6.45) is 3.05. The Balaban J connectivity index is 2.03. The van der Waals surface area contributed by atoms with Gasteiger partial charge in [-0.3, -0.25) is 0 Å². The summed E-state index contributed by atoms with van der Waals surface area (Å²) >= 11 is 0. The van der Waals surface area contributed by atoms with Crippen LogP contribution in [0.3, 0.4) is 0 Å². The van der Waals surface area contributed by atoms with Gasteiger partial charge < -0.3 is 9.80 Å². The third-order valence-corrected chi connectivity index (χ3v) is 3.35.